The molecule has 3 rings (SSSR count). The number of aromatic hydroxyl groups is 1. The van der Waals surface area contributed by atoms with Crippen molar-refractivity contribution in [1.29, 1.82) is 0 Å². The predicted molar refractivity (Wildman–Crippen MR) is 123 cm³/mol. The Morgan fingerprint density at radius 1 is 1.28 bits per heavy atom. The van der Waals surface area contributed by atoms with Crippen LogP contribution in [0.15, 0.2) is 39.1 Å². The predicted octanol–water partition coefficient (Wildman–Crippen LogP) is 4.35. The lowest BCUT2D eigenvalue weighted by Crippen LogP contribution is -2.38. The van der Waals surface area contributed by atoms with Crippen LogP contribution >= 0.6 is 15.9 Å². The van der Waals surface area contributed by atoms with Gasteiger partial charge in [0.25, 0.3) is 0 Å². The first-order valence-electron chi connectivity index (χ1n) is 10.6. The molecular weight excluding hydrogens is 478 g/mol. The van der Waals surface area contributed by atoms with E-state index in [1.54, 1.807) is 12.1 Å². The molecule has 174 valence electrons. The van der Waals surface area contributed by atoms with E-state index < -0.39 is 11.9 Å². The smallest absolute Gasteiger partial charge is 0.336 e. The summed E-state index contributed by atoms with van der Waals surface area (Å²) < 4.78 is 16.5. The van der Waals surface area contributed by atoms with Crippen molar-refractivity contribution in [3.63, 3.8) is 0 Å². The van der Waals surface area contributed by atoms with Crippen LogP contribution in [0, 0.1) is 5.41 Å². The number of nitrogens with one attached hydrogen (secondary N) is 1. The highest BCUT2D eigenvalue weighted by atomic mass is 79.9. The van der Waals surface area contributed by atoms with Gasteiger partial charge in [0.05, 0.1) is 23.8 Å². The van der Waals surface area contributed by atoms with E-state index in [9.17, 15) is 14.7 Å². The number of hydrogen-bond acceptors (Lipinski definition) is 7. The number of dihydropyridines is 1. The standard InChI is InChI=1S/C24H30BrNO6/c1-6-31-7-8-32-23(29)19-13(2)26-16-11-24(3,4)12-17(27)21(16)20(19)14-9-15(25)22(28)18(10-14)30-5/h9-10,20,26,28H,6-8,11-12H2,1-5H3/t20-/m0/s1. The Morgan fingerprint density at radius 3 is 2.66 bits per heavy atom. The maximum Gasteiger partial charge on any atom is 0.336 e. The Bertz CT molecular complexity index is 994. The van der Waals surface area contributed by atoms with Gasteiger partial charge in [-0.1, -0.05) is 13.8 Å². The number of allylic oxidation sites excluding steroid dienone is 3. The summed E-state index contributed by atoms with van der Waals surface area (Å²) in [7, 11) is 1.46. The summed E-state index contributed by atoms with van der Waals surface area (Å²) in [5, 5.41) is 13.6. The summed E-state index contributed by atoms with van der Waals surface area (Å²) in [4.78, 5) is 26.5. The summed E-state index contributed by atoms with van der Waals surface area (Å²) in [6.07, 6.45) is 1.07. The molecule has 0 aromatic heterocycles. The number of hydrogen-bond donors (Lipinski definition) is 2. The number of phenolic OH excluding ortho intramolecular Hbond substituents is 1. The molecule has 0 saturated heterocycles. The van der Waals surface area contributed by atoms with Crippen LogP contribution in [0.2, 0.25) is 0 Å². The molecule has 0 saturated carbocycles. The van der Waals surface area contributed by atoms with Crippen LogP contribution in [0.4, 0.5) is 0 Å². The molecule has 8 heteroatoms. The van der Waals surface area contributed by atoms with Crippen LogP contribution in [0.5, 0.6) is 11.5 Å². The van der Waals surface area contributed by atoms with E-state index in [0.717, 1.165) is 5.70 Å². The molecular formula is C24H30BrNO6. The third kappa shape index (κ3) is 4.86. The molecule has 1 aliphatic heterocycles. The highest BCUT2D eigenvalue weighted by molar-refractivity contribution is 9.10. The molecule has 1 aromatic carbocycles. The van der Waals surface area contributed by atoms with Gasteiger partial charge in [0, 0.05) is 35.9 Å². The first-order valence-corrected chi connectivity index (χ1v) is 11.4. The topological polar surface area (TPSA) is 94.1 Å². The van der Waals surface area contributed by atoms with Crippen molar-refractivity contribution in [2.24, 2.45) is 5.41 Å². The molecule has 0 spiro atoms. The zero-order chi connectivity index (χ0) is 23.6. The Labute approximate surface area is 196 Å². The number of carbonyl (C=O) groups is 2. The largest absolute Gasteiger partial charge is 0.503 e. The normalized spacial score (nSPS) is 20.1. The van der Waals surface area contributed by atoms with Crippen LogP contribution in [0.1, 0.15) is 52.0 Å². The van der Waals surface area contributed by atoms with E-state index >= 15 is 0 Å². The molecule has 0 bridgehead atoms. The second-order valence-corrected chi connectivity index (χ2v) is 9.67. The van der Waals surface area contributed by atoms with Gasteiger partial charge in [-0.15, -0.1) is 0 Å². The van der Waals surface area contributed by atoms with Crippen molar-refractivity contribution in [2.75, 3.05) is 26.9 Å². The Kier molecular flexibility index (Phi) is 7.35. The van der Waals surface area contributed by atoms with Gasteiger partial charge < -0.3 is 24.6 Å². The van der Waals surface area contributed by atoms with Crippen molar-refractivity contribution in [1.82, 2.24) is 5.32 Å². The molecule has 1 aromatic rings. The number of rotatable bonds is 7. The molecule has 1 heterocycles. The molecule has 0 radical (unpaired) electrons. The van der Waals surface area contributed by atoms with Crippen LogP contribution in [-0.2, 0) is 19.1 Å². The van der Waals surface area contributed by atoms with Gasteiger partial charge in [-0.05, 0) is 59.3 Å². The highest BCUT2D eigenvalue weighted by Gasteiger charge is 2.43. The zero-order valence-electron chi connectivity index (χ0n) is 19.1. The zero-order valence-corrected chi connectivity index (χ0v) is 20.7. The van der Waals surface area contributed by atoms with Crippen molar-refractivity contribution < 1.29 is 28.9 Å². The lowest BCUT2D eigenvalue weighted by Gasteiger charge is -2.39. The first-order chi connectivity index (χ1) is 15.1. The fraction of sp³-hybridized carbons (Fsp3) is 0.500. The molecule has 2 N–H and O–H groups in total. The van der Waals surface area contributed by atoms with E-state index in [1.165, 1.54) is 7.11 Å². The monoisotopic (exact) mass is 507 g/mol. The summed E-state index contributed by atoms with van der Waals surface area (Å²) in [6.45, 7) is 8.75. The second-order valence-electron chi connectivity index (χ2n) is 8.82. The number of methoxy groups -OCH3 is 1. The SMILES string of the molecule is CCOCCOC(=O)C1=C(C)NC2=C(C(=O)CC(C)(C)C2)[C@H]1c1cc(Br)c(O)c(OC)c1. The number of carbonyl (C=O) groups excluding carboxylic acids is 2. The number of phenols is 1. The number of ketones is 1. The molecule has 2 aliphatic rings. The van der Waals surface area contributed by atoms with E-state index in [2.05, 4.69) is 35.1 Å². The summed E-state index contributed by atoms with van der Waals surface area (Å²) in [5.74, 6) is -0.950. The van der Waals surface area contributed by atoms with Gasteiger partial charge in [0.15, 0.2) is 17.3 Å². The first kappa shape index (κ1) is 24.3. The van der Waals surface area contributed by atoms with E-state index in [0.29, 0.717) is 52.9 Å². The molecule has 32 heavy (non-hydrogen) atoms. The lowest BCUT2D eigenvalue weighted by molar-refractivity contribution is -0.140. The third-order valence-corrected chi connectivity index (χ3v) is 6.33. The molecule has 1 aliphatic carbocycles. The highest BCUT2D eigenvalue weighted by Crippen LogP contribution is 2.48. The minimum Gasteiger partial charge on any atom is -0.503 e. The Hall–Kier alpha value is -2.32. The van der Waals surface area contributed by atoms with Crippen molar-refractivity contribution >= 4 is 27.7 Å². The van der Waals surface area contributed by atoms with Gasteiger partial charge in [-0.3, -0.25) is 4.79 Å². The van der Waals surface area contributed by atoms with Crippen molar-refractivity contribution in [3.05, 3.63) is 44.7 Å². The molecule has 0 unspecified atom stereocenters. The van der Waals surface area contributed by atoms with Crippen molar-refractivity contribution in [2.45, 2.75) is 46.5 Å². The number of halogens is 1. The maximum atomic E-state index is 13.3. The molecule has 1 atom stereocenters. The van der Waals surface area contributed by atoms with Crippen LogP contribution in [0.25, 0.3) is 0 Å². The minimum atomic E-state index is -0.639. The quantitative estimate of drug-likeness (QED) is 0.418. The average Bonchev–Trinajstić information content (AvgIpc) is 2.71. The second kappa shape index (κ2) is 9.67. The molecule has 0 fully saturated rings. The molecule has 7 nitrogen and oxygen atoms in total. The van der Waals surface area contributed by atoms with E-state index in [4.69, 9.17) is 14.2 Å². The van der Waals surface area contributed by atoms with Gasteiger partial charge >= 0.3 is 5.97 Å². The number of ether oxygens (including phenoxy) is 3. The molecule has 0 amide bonds. The van der Waals surface area contributed by atoms with E-state index in [1.807, 2.05) is 13.8 Å². The third-order valence-electron chi connectivity index (χ3n) is 5.73. The average molecular weight is 508 g/mol. The van der Waals surface area contributed by atoms with Gasteiger partial charge in [0.1, 0.15) is 6.61 Å². The Morgan fingerprint density at radius 2 is 2.00 bits per heavy atom. The fourth-order valence-electron chi connectivity index (χ4n) is 4.37. The van der Waals surface area contributed by atoms with Crippen LogP contribution in [-0.4, -0.2) is 43.8 Å². The number of Topliss-reactive ketones (excluding diaryl/α,β-unsaturated/α-hetero) is 1. The number of esters is 1. The van der Waals surface area contributed by atoms with Gasteiger partial charge in [-0.2, -0.15) is 0 Å². The summed E-state index contributed by atoms with van der Waals surface area (Å²) >= 11 is 3.36. The summed E-state index contributed by atoms with van der Waals surface area (Å²) in [6, 6.07) is 3.38. The number of benzene rings is 1. The summed E-state index contributed by atoms with van der Waals surface area (Å²) in [5.41, 5.74) is 2.87. The Balaban J connectivity index is 2.12. The van der Waals surface area contributed by atoms with Crippen LogP contribution < -0.4 is 10.1 Å². The minimum absolute atomic E-state index is 0.0102. The van der Waals surface area contributed by atoms with Crippen LogP contribution in [0.3, 0.4) is 0 Å². The van der Waals surface area contributed by atoms with Crippen molar-refractivity contribution in [3.8, 4) is 11.5 Å². The maximum absolute atomic E-state index is 13.3. The van der Waals surface area contributed by atoms with Gasteiger partial charge in [-0.25, -0.2) is 4.79 Å². The van der Waals surface area contributed by atoms with E-state index in [-0.39, 0.29) is 29.3 Å². The van der Waals surface area contributed by atoms with Gasteiger partial charge in [0.2, 0.25) is 0 Å². The lowest BCUT2D eigenvalue weighted by atomic mass is 9.68. The fourth-order valence-corrected chi connectivity index (χ4v) is 4.83.